The van der Waals surface area contributed by atoms with Crippen molar-refractivity contribution in [1.29, 1.82) is 5.26 Å². The van der Waals surface area contributed by atoms with Crippen LogP contribution in [0.2, 0.25) is 0 Å². The van der Waals surface area contributed by atoms with E-state index in [0.717, 1.165) is 18.7 Å². The molecule has 1 aliphatic rings. The molecule has 0 aromatic heterocycles. The smallest absolute Gasteiger partial charge is 0.140 e. The molecule has 0 atom stereocenters. The summed E-state index contributed by atoms with van der Waals surface area (Å²) in [4.78, 5) is 0. The molecule has 0 spiro atoms. The van der Waals surface area contributed by atoms with Gasteiger partial charge in [0.25, 0.3) is 0 Å². The van der Waals surface area contributed by atoms with Gasteiger partial charge < -0.3 is 10.1 Å². The van der Waals surface area contributed by atoms with Crippen LogP contribution in [-0.4, -0.2) is 19.2 Å². The maximum atomic E-state index is 13.0. The van der Waals surface area contributed by atoms with Crippen LogP contribution in [-0.2, 0) is 11.3 Å². The van der Waals surface area contributed by atoms with E-state index in [0.29, 0.717) is 6.61 Å². The second kappa shape index (κ2) is 4.39. The van der Waals surface area contributed by atoms with Crippen LogP contribution in [0.3, 0.4) is 0 Å². The lowest BCUT2D eigenvalue weighted by atomic mass is 10.1. The van der Waals surface area contributed by atoms with Crippen LogP contribution >= 0.6 is 0 Å². The van der Waals surface area contributed by atoms with Gasteiger partial charge in [-0.25, -0.2) is 4.39 Å². The first kappa shape index (κ1) is 10.1. The molecule has 0 amide bonds. The van der Waals surface area contributed by atoms with E-state index >= 15 is 0 Å². The lowest BCUT2D eigenvalue weighted by Crippen LogP contribution is -2.48. The molecule has 0 bridgehead atoms. The number of hydrogen-bond acceptors (Lipinski definition) is 3. The highest BCUT2D eigenvalue weighted by atomic mass is 19.1. The van der Waals surface area contributed by atoms with Crippen molar-refractivity contribution in [2.45, 2.75) is 12.7 Å². The van der Waals surface area contributed by atoms with Crippen molar-refractivity contribution in [1.82, 2.24) is 5.32 Å². The number of ether oxygens (including phenoxy) is 1. The van der Waals surface area contributed by atoms with E-state index in [4.69, 9.17) is 10.00 Å². The van der Waals surface area contributed by atoms with Gasteiger partial charge in [0, 0.05) is 13.1 Å². The molecule has 78 valence electrons. The zero-order chi connectivity index (χ0) is 10.7. The molecule has 1 saturated heterocycles. The van der Waals surface area contributed by atoms with E-state index in [2.05, 4.69) is 5.32 Å². The highest BCUT2D eigenvalue weighted by molar-refractivity contribution is 5.34. The predicted octanol–water partition coefficient (Wildman–Crippen LogP) is 1.19. The SMILES string of the molecule is N#Cc1cc(COC2CNC2)ccc1F. The molecule has 1 N–H and O–H groups in total. The molecule has 1 heterocycles. The summed E-state index contributed by atoms with van der Waals surface area (Å²) in [6.07, 6.45) is 0.251. The monoisotopic (exact) mass is 206 g/mol. The molecule has 0 radical (unpaired) electrons. The predicted molar refractivity (Wildman–Crippen MR) is 52.6 cm³/mol. The first-order chi connectivity index (χ1) is 7.29. The minimum Gasteiger partial charge on any atom is -0.371 e. The number of nitrogens with one attached hydrogen (secondary N) is 1. The van der Waals surface area contributed by atoms with Gasteiger partial charge in [-0.05, 0) is 17.7 Å². The number of benzene rings is 1. The molecular formula is C11H11FN2O. The first-order valence-corrected chi connectivity index (χ1v) is 4.80. The summed E-state index contributed by atoms with van der Waals surface area (Å²) in [7, 11) is 0. The Morgan fingerprint density at radius 2 is 2.33 bits per heavy atom. The fraction of sp³-hybridized carbons (Fsp3) is 0.364. The third kappa shape index (κ3) is 2.32. The van der Waals surface area contributed by atoms with Crippen LogP contribution in [0.4, 0.5) is 4.39 Å². The Kier molecular flexibility index (Phi) is 2.95. The number of hydrogen-bond donors (Lipinski definition) is 1. The summed E-state index contributed by atoms with van der Waals surface area (Å²) >= 11 is 0. The lowest BCUT2D eigenvalue weighted by molar-refractivity contribution is 0.00756. The van der Waals surface area contributed by atoms with Crippen molar-refractivity contribution >= 4 is 0 Å². The van der Waals surface area contributed by atoms with Gasteiger partial charge in [-0.15, -0.1) is 0 Å². The second-order valence-corrected chi connectivity index (χ2v) is 3.52. The molecule has 1 fully saturated rings. The largest absolute Gasteiger partial charge is 0.371 e. The standard InChI is InChI=1S/C11H11FN2O/c12-11-2-1-8(3-9(11)4-13)7-15-10-5-14-6-10/h1-3,10,14H,5-7H2. The van der Waals surface area contributed by atoms with Gasteiger partial charge in [0.1, 0.15) is 11.9 Å². The van der Waals surface area contributed by atoms with Gasteiger partial charge in [0.05, 0.1) is 18.3 Å². The number of rotatable bonds is 3. The Morgan fingerprint density at radius 3 is 2.93 bits per heavy atom. The van der Waals surface area contributed by atoms with E-state index in [-0.39, 0.29) is 11.7 Å². The van der Waals surface area contributed by atoms with Crippen molar-refractivity contribution in [2.75, 3.05) is 13.1 Å². The molecule has 1 aliphatic heterocycles. The summed E-state index contributed by atoms with van der Waals surface area (Å²) in [5.41, 5.74) is 0.905. The summed E-state index contributed by atoms with van der Waals surface area (Å²) in [6.45, 7) is 2.17. The van der Waals surface area contributed by atoms with E-state index < -0.39 is 5.82 Å². The molecule has 4 heteroatoms. The molecule has 3 nitrogen and oxygen atoms in total. The average molecular weight is 206 g/mol. The summed E-state index contributed by atoms with van der Waals surface area (Å²) in [5.74, 6) is -0.480. The van der Waals surface area contributed by atoms with E-state index in [1.807, 2.05) is 6.07 Å². The normalized spacial score (nSPS) is 15.7. The first-order valence-electron chi connectivity index (χ1n) is 4.80. The quantitative estimate of drug-likeness (QED) is 0.807. The zero-order valence-corrected chi connectivity index (χ0v) is 8.16. The Balaban J connectivity index is 1.99. The van der Waals surface area contributed by atoms with Crippen LogP contribution < -0.4 is 5.32 Å². The van der Waals surface area contributed by atoms with Gasteiger partial charge in [-0.3, -0.25) is 0 Å². The van der Waals surface area contributed by atoms with Crippen LogP contribution in [0.5, 0.6) is 0 Å². The van der Waals surface area contributed by atoms with E-state index in [9.17, 15) is 4.39 Å². The molecule has 0 aliphatic carbocycles. The molecular weight excluding hydrogens is 195 g/mol. The summed E-state index contributed by atoms with van der Waals surface area (Å²) in [5, 5.41) is 11.7. The minimum atomic E-state index is -0.480. The zero-order valence-electron chi connectivity index (χ0n) is 8.16. The highest BCUT2D eigenvalue weighted by Crippen LogP contribution is 2.12. The third-order valence-electron chi connectivity index (χ3n) is 2.38. The Labute approximate surface area is 87.5 Å². The fourth-order valence-electron chi connectivity index (χ4n) is 1.34. The molecule has 15 heavy (non-hydrogen) atoms. The Morgan fingerprint density at radius 1 is 1.53 bits per heavy atom. The molecule has 1 aromatic carbocycles. The van der Waals surface area contributed by atoms with Crippen LogP contribution in [0.1, 0.15) is 11.1 Å². The van der Waals surface area contributed by atoms with Crippen molar-refractivity contribution in [3.8, 4) is 6.07 Å². The van der Waals surface area contributed by atoms with Gasteiger partial charge >= 0.3 is 0 Å². The Hall–Kier alpha value is -1.44. The van der Waals surface area contributed by atoms with Gasteiger partial charge in [-0.1, -0.05) is 6.07 Å². The Bertz CT molecular complexity index is 396. The summed E-state index contributed by atoms with van der Waals surface area (Å²) in [6, 6.07) is 6.28. The molecule has 1 aromatic rings. The lowest BCUT2D eigenvalue weighted by Gasteiger charge is -2.27. The fourth-order valence-corrected chi connectivity index (χ4v) is 1.34. The van der Waals surface area contributed by atoms with Crippen molar-refractivity contribution in [2.24, 2.45) is 0 Å². The van der Waals surface area contributed by atoms with Crippen molar-refractivity contribution in [3.05, 3.63) is 35.1 Å². The highest BCUT2D eigenvalue weighted by Gasteiger charge is 2.16. The van der Waals surface area contributed by atoms with Gasteiger partial charge in [-0.2, -0.15) is 5.26 Å². The van der Waals surface area contributed by atoms with Crippen LogP contribution in [0.25, 0.3) is 0 Å². The molecule has 0 saturated carbocycles. The maximum absolute atomic E-state index is 13.0. The number of halogens is 1. The van der Waals surface area contributed by atoms with E-state index in [1.54, 1.807) is 6.07 Å². The minimum absolute atomic E-state index is 0.0721. The number of nitriles is 1. The van der Waals surface area contributed by atoms with Gasteiger partial charge in [0.2, 0.25) is 0 Å². The van der Waals surface area contributed by atoms with Crippen molar-refractivity contribution < 1.29 is 9.13 Å². The summed E-state index contributed by atoms with van der Waals surface area (Å²) < 4.78 is 18.5. The average Bonchev–Trinajstić information content (AvgIpc) is 2.18. The topological polar surface area (TPSA) is 45.0 Å². The van der Waals surface area contributed by atoms with Crippen LogP contribution in [0, 0.1) is 17.1 Å². The second-order valence-electron chi connectivity index (χ2n) is 3.52. The number of nitrogens with zero attached hydrogens (tertiary/aromatic N) is 1. The molecule has 2 rings (SSSR count). The third-order valence-corrected chi connectivity index (χ3v) is 2.38. The maximum Gasteiger partial charge on any atom is 0.140 e. The van der Waals surface area contributed by atoms with Gasteiger partial charge in [0.15, 0.2) is 0 Å². The van der Waals surface area contributed by atoms with Crippen LogP contribution in [0.15, 0.2) is 18.2 Å². The van der Waals surface area contributed by atoms with E-state index in [1.165, 1.54) is 12.1 Å². The molecule has 0 unspecified atom stereocenters. The van der Waals surface area contributed by atoms with Crippen molar-refractivity contribution in [3.63, 3.8) is 0 Å².